The Hall–Kier alpha value is -7.16. The van der Waals surface area contributed by atoms with Gasteiger partial charge < -0.3 is 9.80 Å². The molecule has 0 fully saturated rings. The molecule has 4 aliphatic rings. The van der Waals surface area contributed by atoms with E-state index in [9.17, 15) is 0 Å². The fraction of sp³-hybridized carbons (Fsp3) is 0.0877. The molecule has 12 rings (SSSR count). The van der Waals surface area contributed by atoms with Crippen molar-refractivity contribution < 1.29 is 0 Å². The van der Waals surface area contributed by atoms with Crippen LogP contribution in [0.3, 0.4) is 0 Å². The molecule has 0 bridgehead atoms. The van der Waals surface area contributed by atoms with Gasteiger partial charge in [-0.2, -0.15) is 0 Å². The summed E-state index contributed by atoms with van der Waals surface area (Å²) in [6, 6.07) is 63.7. The first-order chi connectivity index (χ1) is 29.0. The zero-order valence-electron chi connectivity index (χ0n) is 33.3. The van der Waals surface area contributed by atoms with Crippen LogP contribution in [0.2, 0.25) is 0 Å². The lowest BCUT2D eigenvalue weighted by Gasteiger charge is -2.31. The van der Waals surface area contributed by atoms with Gasteiger partial charge in [0.15, 0.2) is 0 Å². The molecule has 2 aliphatic heterocycles. The zero-order chi connectivity index (χ0) is 39.2. The van der Waals surface area contributed by atoms with E-state index in [2.05, 4.69) is 218 Å². The van der Waals surface area contributed by atoms with Gasteiger partial charge in [-0.25, -0.2) is 0 Å². The molecule has 0 atom stereocenters. The first kappa shape index (κ1) is 33.9. The minimum Gasteiger partial charge on any atom is -0.344 e. The molecule has 0 radical (unpaired) electrons. The smallest absolute Gasteiger partial charge is 0.0725 e. The van der Waals surface area contributed by atoms with Gasteiger partial charge in [0, 0.05) is 49.7 Å². The van der Waals surface area contributed by atoms with E-state index < -0.39 is 5.41 Å². The first-order valence-corrected chi connectivity index (χ1v) is 20.8. The van der Waals surface area contributed by atoms with Crippen LogP contribution < -0.4 is 9.80 Å². The van der Waals surface area contributed by atoms with Gasteiger partial charge in [-0.3, -0.25) is 0 Å². The summed E-state index contributed by atoms with van der Waals surface area (Å²) in [5.74, 6) is 0. The summed E-state index contributed by atoms with van der Waals surface area (Å²) in [6.45, 7) is 0. The van der Waals surface area contributed by atoms with Crippen LogP contribution in [0.4, 0.5) is 22.7 Å². The molecular formula is C57H42N2. The number of fused-ring (bicyclic) bond motifs is 14. The molecule has 0 unspecified atom stereocenters. The van der Waals surface area contributed by atoms with E-state index in [-0.39, 0.29) is 0 Å². The molecule has 2 nitrogen and oxygen atoms in total. The molecule has 59 heavy (non-hydrogen) atoms. The van der Waals surface area contributed by atoms with Crippen LogP contribution in [-0.2, 0) is 18.3 Å². The van der Waals surface area contributed by atoms with Gasteiger partial charge in [-0.05, 0) is 125 Å². The Morgan fingerprint density at radius 1 is 0.339 bits per heavy atom. The second kappa shape index (κ2) is 12.9. The average molecular weight is 755 g/mol. The minimum atomic E-state index is -0.421. The van der Waals surface area contributed by atoms with E-state index in [4.69, 9.17) is 0 Å². The number of rotatable bonds is 4. The van der Waals surface area contributed by atoms with E-state index >= 15 is 0 Å². The van der Waals surface area contributed by atoms with Crippen molar-refractivity contribution in [3.05, 3.63) is 237 Å². The summed E-state index contributed by atoms with van der Waals surface area (Å²) in [7, 11) is 4.37. The number of hydrogen-bond acceptors (Lipinski definition) is 2. The second-order valence-corrected chi connectivity index (χ2v) is 16.6. The van der Waals surface area contributed by atoms with Crippen molar-refractivity contribution in [2.24, 2.45) is 0 Å². The van der Waals surface area contributed by atoms with Gasteiger partial charge in [0.2, 0.25) is 0 Å². The highest BCUT2D eigenvalue weighted by molar-refractivity contribution is 5.96. The summed E-state index contributed by atoms with van der Waals surface area (Å²) in [5.41, 5.74) is 25.7. The molecular weight excluding hydrogens is 713 g/mol. The predicted molar refractivity (Wildman–Crippen MR) is 248 cm³/mol. The van der Waals surface area contributed by atoms with Gasteiger partial charge in [0.1, 0.15) is 0 Å². The third-order valence-corrected chi connectivity index (χ3v) is 13.5. The van der Waals surface area contributed by atoms with E-state index in [1.54, 1.807) is 0 Å². The van der Waals surface area contributed by atoms with E-state index in [1.807, 2.05) is 0 Å². The van der Waals surface area contributed by atoms with Gasteiger partial charge in [0.05, 0.1) is 5.41 Å². The fourth-order valence-electron chi connectivity index (χ4n) is 10.7. The Balaban J connectivity index is 0.940. The highest BCUT2D eigenvalue weighted by atomic mass is 15.1. The minimum absolute atomic E-state index is 0.421. The summed E-state index contributed by atoms with van der Waals surface area (Å²) in [6.07, 6.45) is 11.1. The molecule has 0 aromatic heterocycles. The number of hydrogen-bond donors (Lipinski definition) is 0. The molecule has 2 aliphatic carbocycles. The summed E-state index contributed by atoms with van der Waals surface area (Å²) in [5, 5.41) is 0. The lowest BCUT2D eigenvalue weighted by Crippen LogP contribution is -2.26. The molecule has 0 N–H and O–H groups in total. The molecule has 2 heteroatoms. The third-order valence-electron chi connectivity index (χ3n) is 13.5. The molecule has 0 saturated heterocycles. The van der Waals surface area contributed by atoms with Crippen molar-refractivity contribution >= 4 is 47.1 Å². The van der Waals surface area contributed by atoms with Gasteiger partial charge >= 0.3 is 0 Å². The Morgan fingerprint density at radius 3 is 1.17 bits per heavy atom. The molecule has 0 amide bonds. The fourth-order valence-corrected chi connectivity index (χ4v) is 10.7. The Kier molecular flexibility index (Phi) is 7.43. The topological polar surface area (TPSA) is 6.48 Å². The van der Waals surface area contributed by atoms with E-state index in [0.717, 1.165) is 12.8 Å². The van der Waals surface area contributed by atoms with E-state index in [1.165, 1.54) is 112 Å². The highest BCUT2D eigenvalue weighted by Crippen LogP contribution is 2.63. The maximum Gasteiger partial charge on any atom is 0.0725 e. The Bertz CT molecular complexity index is 2900. The Morgan fingerprint density at radius 2 is 0.695 bits per heavy atom. The quantitative estimate of drug-likeness (QED) is 0.165. The number of benzene rings is 8. The SMILES string of the molecule is CN1c2ccccc2Cc2ccc(C=Cc3ccc4c(c3)C3(c5ccccc5-c5ccccc53)c3cc(C=Cc5ccc6c(c5)N(C)c5ccccc5C6)ccc3-4)cc21. The number of para-hydroxylation sites is 2. The van der Waals surface area contributed by atoms with Crippen molar-refractivity contribution in [1.29, 1.82) is 0 Å². The van der Waals surface area contributed by atoms with Gasteiger partial charge in [-0.1, -0.05) is 158 Å². The van der Waals surface area contributed by atoms with Crippen LogP contribution in [0.15, 0.2) is 170 Å². The van der Waals surface area contributed by atoms with Crippen LogP contribution in [-0.4, -0.2) is 14.1 Å². The van der Waals surface area contributed by atoms with Crippen LogP contribution in [0.1, 0.15) is 66.8 Å². The normalized spacial score (nSPS) is 14.7. The van der Waals surface area contributed by atoms with Crippen molar-refractivity contribution in [1.82, 2.24) is 0 Å². The Labute approximate surface area is 346 Å². The largest absolute Gasteiger partial charge is 0.344 e. The van der Waals surface area contributed by atoms with Crippen LogP contribution in [0.5, 0.6) is 0 Å². The van der Waals surface area contributed by atoms with Crippen LogP contribution in [0.25, 0.3) is 46.6 Å². The molecule has 8 aromatic carbocycles. The lowest BCUT2D eigenvalue weighted by molar-refractivity contribution is 0.793. The van der Waals surface area contributed by atoms with Gasteiger partial charge in [0.25, 0.3) is 0 Å². The highest BCUT2D eigenvalue weighted by Gasteiger charge is 2.51. The zero-order valence-corrected chi connectivity index (χ0v) is 33.3. The average Bonchev–Trinajstić information content (AvgIpc) is 3.74. The maximum atomic E-state index is 2.46. The molecule has 8 aromatic rings. The van der Waals surface area contributed by atoms with Crippen molar-refractivity contribution in [3.63, 3.8) is 0 Å². The van der Waals surface area contributed by atoms with Crippen molar-refractivity contribution in [3.8, 4) is 22.3 Å². The van der Waals surface area contributed by atoms with E-state index in [0.29, 0.717) is 0 Å². The number of anilines is 4. The first-order valence-electron chi connectivity index (χ1n) is 20.8. The predicted octanol–water partition coefficient (Wildman–Crippen LogP) is 13.7. The van der Waals surface area contributed by atoms with Crippen LogP contribution in [0, 0.1) is 0 Å². The monoisotopic (exact) mass is 754 g/mol. The van der Waals surface area contributed by atoms with Crippen molar-refractivity contribution in [2.45, 2.75) is 18.3 Å². The second-order valence-electron chi connectivity index (χ2n) is 16.6. The summed E-state index contributed by atoms with van der Waals surface area (Å²) in [4.78, 5) is 4.68. The number of nitrogens with zero attached hydrogens (tertiary/aromatic N) is 2. The summed E-state index contributed by atoms with van der Waals surface area (Å²) >= 11 is 0. The molecule has 1 spiro atoms. The summed E-state index contributed by atoms with van der Waals surface area (Å²) < 4.78 is 0. The molecule has 2 heterocycles. The maximum absolute atomic E-state index is 2.46. The standard InChI is InChI=1S/C57H42N2/c1-58-53-17-9-3-11-41(53)35-43-27-23-39(33-55(43)58)21-19-37-25-29-47-48-30-26-38(20-22-40-24-28-44-36-42-12-4-10-18-54(42)59(2)56(44)34-40)32-52(48)57(51(47)31-37)49-15-7-5-13-45(49)46-14-6-8-16-50(46)57/h3-34H,35-36H2,1-2H3. The third kappa shape index (κ3) is 5.06. The van der Waals surface area contributed by atoms with Gasteiger partial charge in [-0.15, -0.1) is 0 Å². The molecule has 280 valence electrons. The molecule has 0 saturated carbocycles. The van der Waals surface area contributed by atoms with Crippen LogP contribution >= 0.6 is 0 Å². The van der Waals surface area contributed by atoms with Crippen molar-refractivity contribution in [2.75, 3.05) is 23.9 Å². The lowest BCUT2D eigenvalue weighted by atomic mass is 9.70.